The van der Waals surface area contributed by atoms with E-state index in [9.17, 15) is 0 Å². The molecule has 0 aliphatic carbocycles. The zero-order valence-electron chi connectivity index (χ0n) is 5.90. The van der Waals surface area contributed by atoms with Crippen LogP contribution in [0.5, 0.6) is 0 Å². The molecule has 0 unspecified atom stereocenters. The summed E-state index contributed by atoms with van der Waals surface area (Å²) in [6, 6.07) is 0.528. The Morgan fingerprint density at radius 3 is 2.38 bits per heavy atom. The number of rotatable bonds is 4. The van der Waals surface area contributed by atoms with Crippen LogP contribution in [0.3, 0.4) is 0 Å². The average molecular weight is 117 g/mol. The molecule has 0 radical (unpaired) electrons. The maximum Gasteiger partial charge on any atom is 0.0615 e. The number of hydrogen-bond acceptors (Lipinski definition) is 2. The summed E-state index contributed by atoms with van der Waals surface area (Å²) in [5.74, 6) is 0. The Bertz CT molecular complexity index is 43.8. The fourth-order valence-electron chi connectivity index (χ4n) is 0.606. The van der Waals surface area contributed by atoms with E-state index in [1.165, 1.54) is 0 Å². The third-order valence-corrected chi connectivity index (χ3v) is 1.27. The highest BCUT2D eigenvalue weighted by Gasteiger charge is 1.98. The first-order valence-electron chi connectivity index (χ1n) is 3.01. The van der Waals surface area contributed by atoms with Crippen LogP contribution in [-0.4, -0.2) is 26.8 Å². The van der Waals surface area contributed by atoms with E-state index in [0.717, 1.165) is 13.0 Å². The fraction of sp³-hybridized carbons (Fsp3) is 1.00. The zero-order chi connectivity index (χ0) is 6.41. The van der Waals surface area contributed by atoms with Gasteiger partial charge in [-0.05, 0) is 13.5 Å². The summed E-state index contributed by atoms with van der Waals surface area (Å²) in [6.07, 6.45) is 1.13. The van der Waals surface area contributed by atoms with E-state index < -0.39 is 0 Å². The molecule has 2 nitrogen and oxygen atoms in total. The van der Waals surface area contributed by atoms with Crippen LogP contribution in [0.25, 0.3) is 0 Å². The van der Waals surface area contributed by atoms with E-state index in [-0.39, 0.29) is 0 Å². The summed E-state index contributed by atoms with van der Waals surface area (Å²) in [4.78, 5) is 0. The van der Waals surface area contributed by atoms with E-state index in [1.807, 2.05) is 7.05 Å². The summed E-state index contributed by atoms with van der Waals surface area (Å²) in [6.45, 7) is 2.95. The standard InChI is InChI=1S/C6H15NO/c1-4-6(7-2)5-8-3/h6-7H,4-5H2,1-3H3/t6-/m0/s1. The summed E-state index contributed by atoms with van der Waals surface area (Å²) < 4.78 is 4.92. The topological polar surface area (TPSA) is 21.3 Å². The number of ether oxygens (including phenoxy) is 1. The largest absolute Gasteiger partial charge is 0.383 e. The molecular weight excluding hydrogens is 102 g/mol. The third kappa shape index (κ3) is 2.99. The molecule has 8 heavy (non-hydrogen) atoms. The minimum atomic E-state index is 0.528. The van der Waals surface area contributed by atoms with Crippen LogP contribution in [0.15, 0.2) is 0 Å². The Hall–Kier alpha value is -0.0800. The van der Waals surface area contributed by atoms with Crippen LogP contribution >= 0.6 is 0 Å². The predicted octanol–water partition coefficient (Wildman–Crippen LogP) is 0.631. The summed E-state index contributed by atoms with van der Waals surface area (Å²) >= 11 is 0. The van der Waals surface area contributed by atoms with Gasteiger partial charge < -0.3 is 10.1 Å². The molecule has 1 N–H and O–H groups in total. The van der Waals surface area contributed by atoms with Crippen molar-refractivity contribution in [2.24, 2.45) is 0 Å². The Morgan fingerprint density at radius 2 is 2.25 bits per heavy atom. The molecule has 0 aromatic rings. The van der Waals surface area contributed by atoms with Crippen molar-refractivity contribution in [2.45, 2.75) is 19.4 Å². The van der Waals surface area contributed by atoms with Crippen LogP contribution in [0.2, 0.25) is 0 Å². The molecule has 0 spiro atoms. The molecule has 0 aliphatic heterocycles. The van der Waals surface area contributed by atoms with E-state index in [1.54, 1.807) is 7.11 Å². The second-order valence-corrected chi connectivity index (χ2v) is 1.85. The van der Waals surface area contributed by atoms with Gasteiger partial charge >= 0.3 is 0 Å². The van der Waals surface area contributed by atoms with Crippen LogP contribution in [0.4, 0.5) is 0 Å². The minimum absolute atomic E-state index is 0.528. The van der Waals surface area contributed by atoms with E-state index in [4.69, 9.17) is 4.74 Å². The van der Waals surface area contributed by atoms with Crippen LogP contribution in [0.1, 0.15) is 13.3 Å². The highest BCUT2D eigenvalue weighted by Crippen LogP contribution is 1.87. The highest BCUT2D eigenvalue weighted by atomic mass is 16.5. The van der Waals surface area contributed by atoms with Gasteiger partial charge in [0.05, 0.1) is 6.61 Å². The first-order valence-corrected chi connectivity index (χ1v) is 3.01. The number of methoxy groups -OCH3 is 1. The molecule has 0 rings (SSSR count). The minimum Gasteiger partial charge on any atom is -0.383 e. The lowest BCUT2D eigenvalue weighted by atomic mass is 10.2. The second-order valence-electron chi connectivity index (χ2n) is 1.85. The van der Waals surface area contributed by atoms with Gasteiger partial charge in [-0.15, -0.1) is 0 Å². The van der Waals surface area contributed by atoms with Gasteiger partial charge in [0.25, 0.3) is 0 Å². The van der Waals surface area contributed by atoms with Gasteiger partial charge in [0.2, 0.25) is 0 Å². The highest BCUT2D eigenvalue weighted by molar-refractivity contribution is 4.58. The Labute approximate surface area is 51.2 Å². The molecule has 0 saturated heterocycles. The molecule has 50 valence electrons. The maximum atomic E-state index is 4.92. The Kier molecular flexibility index (Phi) is 5.01. The first-order chi connectivity index (χ1) is 3.85. The van der Waals surface area contributed by atoms with Crippen molar-refractivity contribution < 1.29 is 4.74 Å². The van der Waals surface area contributed by atoms with Crippen molar-refractivity contribution in [2.75, 3.05) is 20.8 Å². The summed E-state index contributed by atoms with van der Waals surface area (Å²) in [5, 5.41) is 3.13. The third-order valence-electron chi connectivity index (χ3n) is 1.27. The van der Waals surface area contributed by atoms with Crippen molar-refractivity contribution in [3.63, 3.8) is 0 Å². The first kappa shape index (κ1) is 7.92. The Morgan fingerprint density at radius 1 is 1.62 bits per heavy atom. The fourth-order valence-corrected chi connectivity index (χ4v) is 0.606. The molecule has 0 heterocycles. The van der Waals surface area contributed by atoms with Crippen LogP contribution in [-0.2, 0) is 4.74 Å². The molecule has 0 amide bonds. The molecule has 0 fully saturated rings. The van der Waals surface area contributed by atoms with Crippen molar-refractivity contribution in [1.29, 1.82) is 0 Å². The van der Waals surface area contributed by atoms with Gasteiger partial charge in [-0.25, -0.2) is 0 Å². The molecule has 1 atom stereocenters. The molecular formula is C6H15NO. The molecule has 0 aromatic heterocycles. The van der Waals surface area contributed by atoms with Crippen molar-refractivity contribution in [3.8, 4) is 0 Å². The van der Waals surface area contributed by atoms with Crippen molar-refractivity contribution >= 4 is 0 Å². The normalized spacial score (nSPS) is 13.9. The van der Waals surface area contributed by atoms with Crippen molar-refractivity contribution in [1.82, 2.24) is 5.32 Å². The number of likely N-dealkylation sites (N-methyl/N-ethyl adjacent to an activating group) is 1. The van der Waals surface area contributed by atoms with Crippen LogP contribution < -0.4 is 5.32 Å². The lowest BCUT2D eigenvalue weighted by Crippen LogP contribution is -2.28. The monoisotopic (exact) mass is 117 g/mol. The molecule has 0 bridgehead atoms. The second kappa shape index (κ2) is 5.06. The quantitative estimate of drug-likeness (QED) is 0.583. The summed E-state index contributed by atoms with van der Waals surface area (Å²) in [5.41, 5.74) is 0. The predicted molar refractivity (Wildman–Crippen MR) is 35.0 cm³/mol. The number of hydrogen-bond donors (Lipinski definition) is 1. The lowest BCUT2D eigenvalue weighted by molar-refractivity contribution is 0.168. The van der Waals surface area contributed by atoms with Crippen molar-refractivity contribution in [3.05, 3.63) is 0 Å². The van der Waals surface area contributed by atoms with Gasteiger partial charge in [-0.2, -0.15) is 0 Å². The van der Waals surface area contributed by atoms with Gasteiger partial charge in [-0.1, -0.05) is 6.92 Å². The van der Waals surface area contributed by atoms with Gasteiger partial charge in [0.15, 0.2) is 0 Å². The lowest BCUT2D eigenvalue weighted by Gasteiger charge is -2.10. The SMILES string of the molecule is CC[C@@H](COC)NC. The average Bonchev–Trinajstić information content (AvgIpc) is 1.83. The molecule has 0 aromatic carbocycles. The zero-order valence-corrected chi connectivity index (χ0v) is 5.90. The number of nitrogens with one attached hydrogen (secondary N) is 1. The van der Waals surface area contributed by atoms with Crippen LogP contribution in [0, 0.1) is 0 Å². The summed E-state index contributed by atoms with van der Waals surface area (Å²) in [7, 11) is 3.67. The van der Waals surface area contributed by atoms with Gasteiger partial charge in [0.1, 0.15) is 0 Å². The van der Waals surface area contributed by atoms with Gasteiger partial charge in [-0.3, -0.25) is 0 Å². The van der Waals surface area contributed by atoms with E-state index in [2.05, 4.69) is 12.2 Å². The smallest absolute Gasteiger partial charge is 0.0615 e. The maximum absolute atomic E-state index is 4.92. The van der Waals surface area contributed by atoms with E-state index >= 15 is 0 Å². The molecule has 0 saturated carbocycles. The molecule has 2 heteroatoms. The van der Waals surface area contributed by atoms with Gasteiger partial charge in [0, 0.05) is 13.2 Å². The van der Waals surface area contributed by atoms with E-state index in [0.29, 0.717) is 6.04 Å². The molecule has 0 aliphatic rings. The Balaban J connectivity index is 3.07.